The largest absolute Gasteiger partial charge is 0.485 e. The number of amides is 1. The number of rotatable bonds is 4. The van der Waals surface area contributed by atoms with Crippen LogP contribution in [-0.4, -0.2) is 23.6 Å². The molecule has 1 unspecified atom stereocenters. The number of hydrogen-bond donors (Lipinski definition) is 1. The molecular formula is C23H18N2O3S. The average Bonchev–Trinajstić information content (AvgIpc) is 3.17. The summed E-state index contributed by atoms with van der Waals surface area (Å²) in [4.78, 5) is 17.2. The molecule has 0 aliphatic carbocycles. The van der Waals surface area contributed by atoms with E-state index in [1.165, 1.54) is 4.70 Å². The highest BCUT2D eigenvalue weighted by Gasteiger charge is 2.27. The predicted molar refractivity (Wildman–Crippen MR) is 114 cm³/mol. The third-order valence-corrected chi connectivity index (χ3v) is 5.75. The number of hydrogen-bond acceptors (Lipinski definition) is 5. The fourth-order valence-corrected chi connectivity index (χ4v) is 4.25. The quantitative estimate of drug-likeness (QED) is 0.539. The lowest BCUT2D eigenvalue weighted by Crippen LogP contribution is -2.40. The van der Waals surface area contributed by atoms with Crippen LogP contribution in [0.15, 0.2) is 72.8 Å². The molecule has 0 saturated heterocycles. The van der Waals surface area contributed by atoms with Crippen LogP contribution in [0.3, 0.4) is 0 Å². The summed E-state index contributed by atoms with van der Waals surface area (Å²) in [5.74, 6) is 1.03. The number of nitrogens with one attached hydrogen (secondary N) is 1. The Morgan fingerprint density at radius 2 is 1.76 bits per heavy atom. The number of anilines is 1. The summed E-state index contributed by atoms with van der Waals surface area (Å²) in [5.41, 5.74) is 2.91. The van der Waals surface area contributed by atoms with Crippen LogP contribution in [0.5, 0.6) is 11.5 Å². The molecule has 1 aliphatic rings. The minimum Gasteiger partial charge on any atom is -0.485 e. The van der Waals surface area contributed by atoms with Crippen molar-refractivity contribution in [1.29, 1.82) is 0 Å². The zero-order chi connectivity index (χ0) is 19.6. The molecule has 0 radical (unpaired) electrons. The fraction of sp³-hybridized carbons (Fsp3) is 0.130. The summed E-state index contributed by atoms with van der Waals surface area (Å²) in [7, 11) is 0. The summed E-state index contributed by atoms with van der Waals surface area (Å²) in [6.45, 7) is 0.193. The van der Waals surface area contributed by atoms with Gasteiger partial charge >= 0.3 is 0 Å². The van der Waals surface area contributed by atoms with Gasteiger partial charge in [-0.05, 0) is 42.0 Å². The van der Waals surface area contributed by atoms with Crippen LogP contribution in [-0.2, 0) is 11.2 Å². The van der Waals surface area contributed by atoms with E-state index in [1.54, 1.807) is 17.4 Å². The van der Waals surface area contributed by atoms with Gasteiger partial charge in [0.2, 0.25) is 6.10 Å². The number of fused-ring (bicyclic) bond motifs is 2. The highest BCUT2D eigenvalue weighted by molar-refractivity contribution is 7.18. The van der Waals surface area contributed by atoms with E-state index in [0.717, 1.165) is 28.2 Å². The Morgan fingerprint density at radius 1 is 1.00 bits per heavy atom. The molecule has 1 atom stereocenters. The van der Waals surface area contributed by atoms with Crippen LogP contribution in [0.4, 0.5) is 5.69 Å². The Bertz CT molecular complexity index is 1140. The highest BCUT2D eigenvalue weighted by Crippen LogP contribution is 2.31. The van der Waals surface area contributed by atoms with E-state index in [9.17, 15) is 4.79 Å². The van der Waals surface area contributed by atoms with E-state index in [2.05, 4.69) is 16.4 Å². The number of benzene rings is 3. The molecule has 6 heteroatoms. The first-order chi connectivity index (χ1) is 14.2. The minimum absolute atomic E-state index is 0.193. The van der Waals surface area contributed by atoms with E-state index >= 15 is 0 Å². The van der Waals surface area contributed by atoms with Gasteiger partial charge in [-0.25, -0.2) is 4.98 Å². The van der Waals surface area contributed by atoms with E-state index in [4.69, 9.17) is 9.47 Å². The number of carbonyl (C=O) groups excluding carboxylic acids is 1. The number of thiazole rings is 1. The summed E-state index contributed by atoms with van der Waals surface area (Å²) < 4.78 is 12.6. The first-order valence-corrected chi connectivity index (χ1v) is 10.2. The predicted octanol–water partition coefficient (Wildman–Crippen LogP) is 4.67. The average molecular weight is 402 g/mol. The fourth-order valence-electron chi connectivity index (χ4n) is 3.25. The normalized spacial score (nSPS) is 15.2. The van der Waals surface area contributed by atoms with Crippen LogP contribution in [0.25, 0.3) is 10.2 Å². The minimum atomic E-state index is -0.674. The van der Waals surface area contributed by atoms with Gasteiger partial charge in [0.15, 0.2) is 11.5 Å². The molecule has 0 spiro atoms. The molecule has 0 fully saturated rings. The van der Waals surface area contributed by atoms with Crippen molar-refractivity contribution in [3.63, 3.8) is 0 Å². The van der Waals surface area contributed by atoms with Gasteiger partial charge < -0.3 is 14.8 Å². The summed E-state index contributed by atoms with van der Waals surface area (Å²) in [6.07, 6.45) is 0.0940. The zero-order valence-corrected chi connectivity index (χ0v) is 16.3. The van der Waals surface area contributed by atoms with Gasteiger partial charge in [0.05, 0.1) is 15.2 Å². The Labute approximate surface area is 171 Å². The maximum atomic E-state index is 12.5. The van der Waals surface area contributed by atoms with Crippen molar-refractivity contribution in [3.05, 3.63) is 83.4 Å². The third-order valence-electron chi connectivity index (χ3n) is 4.72. The number of nitrogens with zero attached hydrogens (tertiary/aromatic N) is 1. The van der Waals surface area contributed by atoms with E-state index in [0.29, 0.717) is 11.5 Å². The number of carbonyl (C=O) groups is 1. The SMILES string of the molecule is O=C(Nc1ccc(Cc2nc3ccccc3s2)cc1)C1COc2ccccc2O1. The van der Waals surface area contributed by atoms with Crippen LogP contribution in [0.1, 0.15) is 10.6 Å². The van der Waals surface area contributed by atoms with Gasteiger partial charge in [0.25, 0.3) is 5.91 Å². The molecular weight excluding hydrogens is 384 g/mol. The highest BCUT2D eigenvalue weighted by atomic mass is 32.1. The Hall–Kier alpha value is -3.38. The molecule has 5 rings (SSSR count). The van der Waals surface area contributed by atoms with Crippen molar-refractivity contribution < 1.29 is 14.3 Å². The van der Waals surface area contributed by atoms with Gasteiger partial charge in [0, 0.05) is 12.1 Å². The molecule has 3 aromatic carbocycles. The van der Waals surface area contributed by atoms with Gasteiger partial charge in [-0.15, -0.1) is 11.3 Å². The molecule has 144 valence electrons. The molecule has 5 nitrogen and oxygen atoms in total. The second-order valence-electron chi connectivity index (χ2n) is 6.80. The van der Waals surface area contributed by atoms with Crippen molar-refractivity contribution in [2.45, 2.75) is 12.5 Å². The van der Waals surface area contributed by atoms with Gasteiger partial charge in [-0.2, -0.15) is 0 Å². The molecule has 0 bridgehead atoms. The van der Waals surface area contributed by atoms with Crippen molar-refractivity contribution in [1.82, 2.24) is 4.98 Å². The van der Waals surface area contributed by atoms with E-state index in [1.807, 2.05) is 60.7 Å². The maximum absolute atomic E-state index is 12.5. The molecule has 1 aliphatic heterocycles. The van der Waals surface area contributed by atoms with Crippen molar-refractivity contribution in [2.75, 3.05) is 11.9 Å². The van der Waals surface area contributed by atoms with Crippen molar-refractivity contribution in [3.8, 4) is 11.5 Å². The van der Waals surface area contributed by atoms with Gasteiger partial charge in [-0.3, -0.25) is 4.79 Å². The monoisotopic (exact) mass is 402 g/mol. The summed E-state index contributed by atoms with van der Waals surface area (Å²) >= 11 is 1.71. The second-order valence-corrected chi connectivity index (χ2v) is 7.92. The first-order valence-electron chi connectivity index (χ1n) is 9.37. The molecule has 4 aromatic rings. The molecule has 1 N–H and O–H groups in total. The van der Waals surface area contributed by atoms with Gasteiger partial charge in [-0.1, -0.05) is 36.4 Å². The lowest BCUT2D eigenvalue weighted by molar-refractivity contribution is -0.125. The van der Waals surface area contributed by atoms with Crippen molar-refractivity contribution in [2.24, 2.45) is 0 Å². The van der Waals surface area contributed by atoms with Crippen LogP contribution in [0, 0.1) is 0 Å². The third kappa shape index (κ3) is 3.79. The number of para-hydroxylation sites is 3. The Morgan fingerprint density at radius 3 is 2.59 bits per heavy atom. The Balaban J connectivity index is 1.23. The Kier molecular flexibility index (Phi) is 4.62. The second kappa shape index (κ2) is 7.56. The van der Waals surface area contributed by atoms with Gasteiger partial charge in [0.1, 0.15) is 6.61 Å². The lowest BCUT2D eigenvalue weighted by atomic mass is 10.1. The van der Waals surface area contributed by atoms with E-state index < -0.39 is 6.10 Å². The molecule has 1 aromatic heterocycles. The number of aromatic nitrogens is 1. The standard InChI is InChI=1S/C23H18N2O3S/c26-23(20-14-27-18-6-2-3-7-19(18)28-20)24-16-11-9-15(10-12-16)13-22-25-17-5-1-4-8-21(17)29-22/h1-12,20H,13-14H2,(H,24,26). The van der Waals surface area contributed by atoms with Crippen molar-refractivity contribution >= 4 is 33.1 Å². The topological polar surface area (TPSA) is 60.5 Å². The summed E-state index contributed by atoms with van der Waals surface area (Å²) in [5, 5.41) is 3.98. The molecule has 2 heterocycles. The van der Waals surface area contributed by atoms with E-state index in [-0.39, 0.29) is 12.5 Å². The summed E-state index contributed by atoms with van der Waals surface area (Å²) in [6, 6.07) is 23.3. The first kappa shape index (κ1) is 17.7. The lowest BCUT2D eigenvalue weighted by Gasteiger charge is -2.25. The maximum Gasteiger partial charge on any atom is 0.269 e. The zero-order valence-electron chi connectivity index (χ0n) is 15.5. The molecule has 0 saturated carbocycles. The number of ether oxygens (including phenoxy) is 2. The smallest absolute Gasteiger partial charge is 0.269 e. The molecule has 29 heavy (non-hydrogen) atoms. The van der Waals surface area contributed by atoms with Crippen LogP contribution < -0.4 is 14.8 Å². The van der Waals surface area contributed by atoms with Crippen LogP contribution in [0.2, 0.25) is 0 Å². The molecule has 1 amide bonds. The van der Waals surface area contributed by atoms with Crippen LogP contribution >= 0.6 is 11.3 Å².